The van der Waals surface area contributed by atoms with E-state index in [0.29, 0.717) is 0 Å². The van der Waals surface area contributed by atoms with Gasteiger partial charge in [0, 0.05) is 33.4 Å². The van der Waals surface area contributed by atoms with E-state index in [9.17, 15) is 13.2 Å². The molecule has 0 atom stereocenters. The van der Waals surface area contributed by atoms with Crippen molar-refractivity contribution in [3.63, 3.8) is 0 Å². The molecule has 0 unspecified atom stereocenters. The van der Waals surface area contributed by atoms with Gasteiger partial charge >= 0.3 is 6.36 Å². The lowest BCUT2D eigenvalue weighted by Gasteiger charge is -2.32. The molecule has 12 aromatic rings. The van der Waals surface area contributed by atoms with Crippen molar-refractivity contribution in [1.82, 2.24) is 0 Å². The minimum Gasteiger partial charge on any atom is -0.455 e. The third-order valence-electron chi connectivity index (χ3n) is 15.0. The normalized spacial score (nSPS) is 12.9. The number of furan rings is 1. The van der Waals surface area contributed by atoms with Crippen molar-refractivity contribution in [3.8, 4) is 72.5 Å². The average molecular weight is 962 g/mol. The Hall–Kier alpha value is -9.39. The second-order valence-electron chi connectivity index (χ2n) is 19.0. The van der Waals surface area contributed by atoms with Crippen LogP contribution in [0.25, 0.3) is 88.7 Å². The summed E-state index contributed by atoms with van der Waals surface area (Å²) in [6.07, 6.45) is -4.79. The molecule has 0 amide bonds. The Bertz CT molecular complexity index is 3980. The Morgan fingerprint density at radius 1 is 0.365 bits per heavy atom. The molecular weight excluding hydrogens is 920 g/mol. The number of benzene rings is 11. The molecule has 2 aliphatic rings. The maximum atomic E-state index is 13.3. The maximum Gasteiger partial charge on any atom is 0.573 e. The highest BCUT2D eigenvalue weighted by Gasteiger charge is 2.53. The van der Waals surface area contributed by atoms with Crippen LogP contribution >= 0.6 is 0 Å². The van der Waals surface area contributed by atoms with Crippen molar-refractivity contribution in [3.05, 3.63) is 277 Å². The number of anilines is 3. The lowest BCUT2D eigenvalue weighted by atomic mass is 9.68. The molecule has 0 radical (unpaired) electrons. The van der Waals surface area contributed by atoms with Gasteiger partial charge in [0.15, 0.2) is 0 Å². The van der Waals surface area contributed by atoms with Crippen LogP contribution in [0.2, 0.25) is 0 Å². The minimum absolute atomic E-state index is 0.263. The molecule has 0 N–H and O–H groups in total. The van der Waals surface area contributed by atoms with Crippen LogP contribution < -0.4 is 9.64 Å². The van der Waals surface area contributed by atoms with Crippen LogP contribution in [0.1, 0.15) is 22.3 Å². The van der Waals surface area contributed by atoms with E-state index in [1.54, 1.807) is 12.1 Å². The van der Waals surface area contributed by atoms with Crippen LogP contribution in [0.4, 0.5) is 30.2 Å². The van der Waals surface area contributed by atoms with Crippen molar-refractivity contribution < 1.29 is 22.3 Å². The first-order valence-corrected chi connectivity index (χ1v) is 24.7. The summed E-state index contributed by atoms with van der Waals surface area (Å²) in [5.74, 6) is -0.263. The summed E-state index contributed by atoms with van der Waals surface area (Å²) in [6.45, 7) is 0. The molecule has 74 heavy (non-hydrogen) atoms. The summed E-state index contributed by atoms with van der Waals surface area (Å²) in [5, 5.41) is 2.05. The largest absolute Gasteiger partial charge is 0.573 e. The summed E-state index contributed by atoms with van der Waals surface area (Å²) in [4.78, 5) is 2.31. The minimum atomic E-state index is -4.79. The van der Waals surface area contributed by atoms with Gasteiger partial charge in [0.25, 0.3) is 0 Å². The van der Waals surface area contributed by atoms with Gasteiger partial charge in [0.2, 0.25) is 0 Å². The fourth-order valence-corrected chi connectivity index (χ4v) is 11.9. The highest BCUT2D eigenvalue weighted by Crippen LogP contribution is 2.66. The van der Waals surface area contributed by atoms with Crippen molar-refractivity contribution in [2.24, 2.45) is 0 Å². The van der Waals surface area contributed by atoms with Crippen molar-refractivity contribution in [2.45, 2.75) is 11.8 Å². The first-order valence-electron chi connectivity index (χ1n) is 24.7. The SMILES string of the molecule is FC(F)(F)Oc1ccc(-c2ccc3c(c2)C2(c4ccccc4-c4ccccc42)c2c-3cc3c(oc4ccccc43)c2-c2ccc(N(c3ccc(-c4ccccc4)cc3)c3ccc(-c4ccccc4)cc3)cc2)cc1. The Kier molecular flexibility index (Phi) is 9.89. The van der Waals surface area contributed by atoms with Gasteiger partial charge < -0.3 is 14.1 Å². The second kappa shape index (κ2) is 16.9. The van der Waals surface area contributed by atoms with Crippen molar-refractivity contribution in [1.29, 1.82) is 0 Å². The molecule has 1 heterocycles. The second-order valence-corrected chi connectivity index (χ2v) is 19.0. The number of para-hydroxylation sites is 1. The smallest absolute Gasteiger partial charge is 0.455 e. The zero-order valence-corrected chi connectivity index (χ0v) is 39.6. The number of ether oxygens (including phenoxy) is 1. The standard InChI is InChI=1S/C68H42F3NO2/c69-68(70,71)74-53-38-29-47(30-39-53)49-31-40-56-58-42-59-57-19-9-12-22-63(57)73-66(59)64(65(58)67(62(56)41-49)60-20-10-7-17-54(60)55-18-8-11-21-61(55)67)48-27-36-52(37-28-48)72(50-32-23-45(24-33-50)43-13-3-1-4-14-43)51-34-25-46(26-35-51)44-15-5-2-6-16-44/h1-42H. The zero-order valence-electron chi connectivity index (χ0n) is 39.6. The Morgan fingerprint density at radius 3 is 1.38 bits per heavy atom. The molecule has 6 heteroatoms. The van der Waals surface area contributed by atoms with Gasteiger partial charge in [-0.05, 0) is 150 Å². The van der Waals surface area contributed by atoms with Crippen LogP contribution in [-0.4, -0.2) is 6.36 Å². The molecule has 0 saturated carbocycles. The molecule has 0 aliphatic heterocycles. The molecule has 1 aromatic heterocycles. The molecular formula is C68H42F3NO2. The highest BCUT2D eigenvalue weighted by atomic mass is 19.4. The summed E-state index contributed by atoms with van der Waals surface area (Å²) in [5.41, 5.74) is 21.1. The Morgan fingerprint density at radius 2 is 0.811 bits per heavy atom. The van der Waals surface area contributed by atoms with E-state index in [1.807, 2.05) is 24.3 Å². The molecule has 1 spiro atoms. The average Bonchev–Trinajstić information content (AvgIpc) is 4.28. The van der Waals surface area contributed by atoms with E-state index in [0.717, 1.165) is 128 Å². The van der Waals surface area contributed by atoms with E-state index in [1.165, 1.54) is 12.1 Å². The van der Waals surface area contributed by atoms with Gasteiger partial charge in [-0.3, -0.25) is 0 Å². The summed E-state index contributed by atoms with van der Waals surface area (Å²) in [6, 6.07) is 87.9. The van der Waals surface area contributed by atoms with Crippen LogP contribution in [0, 0.1) is 0 Å². The van der Waals surface area contributed by atoms with Gasteiger partial charge in [-0.1, -0.05) is 188 Å². The van der Waals surface area contributed by atoms with Gasteiger partial charge in [-0.25, -0.2) is 0 Å². The van der Waals surface area contributed by atoms with Gasteiger partial charge in [-0.2, -0.15) is 0 Å². The van der Waals surface area contributed by atoms with E-state index < -0.39 is 11.8 Å². The van der Waals surface area contributed by atoms with Crippen LogP contribution in [0.3, 0.4) is 0 Å². The molecule has 2 aliphatic carbocycles. The number of hydrogen-bond acceptors (Lipinski definition) is 3. The number of fused-ring (bicyclic) bond motifs is 13. The maximum absolute atomic E-state index is 13.3. The quantitative estimate of drug-likeness (QED) is 0.152. The fraction of sp³-hybridized carbons (Fsp3) is 0.0294. The first-order chi connectivity index (χ1) is 36.3. The van der Waals surface area contributed by atoms with Gasteiger partial charge in [0.05, 0.1) is 5.41 Å². The molecule has 0 saturated heterocycles. The Balaban J connectivity index is 0.984. The third kappa shape index (κ3) is 6.90. The zero-order chi connectivity index (χ0) is 49.5. The number of halogens is 3. The number of rotatable bonds is 8. The van der Waals surface area contributed by atoms with Crippen molar-refractivity contribution >= 4 is 39.0 Å². The molecule has 352 valence electrons. The predicted octanol–water partition coefficient (Wildman–Crippen LogP) is 19.0. The summed E-state index contributed by atoms with van der Waals surface area (Å²) < 4.78 is 51.2. The highest BCUT2D eigenvalue weighted by molar-refractivity contribution is 6.15. The van der Waals surface area contributed by atoms with Crippen LogP contribution in [0.5, 0.6) is 5.75 Å². The van der Waals surface area contributed by atoms with Crippen molar-refractivity contribution in [2.75, 3.05) is 4.90 Å². The molecule has 3 nitrogen and oxygen atoms in total. The van der Waals surface area contributed by atoms with E-state index in [2.05, 4.69) is 216 Å². The molecule has 0 fully saturated rings. The van der Waals surface area contributed by atoms with Gasteiger partial charge in [0.1, 0.15) is 16.9 Å². The number of nitrogens with zero attached hydrogens (tertiary/aromatic N) is 1. The number of alkyl halides is 3. The predicted molar refractivity (Wildman–Crippen MR) is 293 cm³/mol. The third-order valence-corrected chi connectivity index (χ3v) is 15.0. The van der Waals surface area contributed by atoms with E-state index in [4.69, 9.17) is 4.42 Å². The van der Waals surface area contributed by atoms with Crippen LogP contribution in [0.15, 0.2) is 259 Å². The lowest BCUT2D eigenvalue weighted by Crippen LogP contribution is -2.26. The number of hydrogen-bond donors (Lipinski definition) is 0. The van der Waals surface area contributed by atoms with Crippen LogP contribution in [-0.2, 0) is 5.41 Å². The fourth-order valence-electron chi connectivity index (χ4n) is 11.9. The monoisotopic (exact) mass is 961 g/mol. The molecule has 0 bridgehead atoms. The van der Waals surface area contributed by atoms with E-state index in [-0.39, 0.29) is 5.75 Å². The Labute approximate surface area is 425 Å². The first kappa shape index (κ1) is 43.4. The summed E-state index contributed by atoms with van der Waals surface area (Å²) in [7, 11) is 0. The summed E-state index contributed by atoms with van der Waals surface area (Å²) >= 11 is 0. The topological polar surface area (TPSA) is 25.6 Å². The van der Waals surface area contributed by atoms with Gasteiger partial charge in [-0.15, -0.1) is 13.2 Å². The van der Waals surface area contributed by atoms with E-state index >= 15 is 0 Å². The lowest BCUT2D eigenvalue weighted by molar-refractivity contribution is -0.274. The molecule has 14 rings (SSSR count). The molecule has 11 aromatic carbocycles.